The Bertz CT molecular complexity index is 566. The van der Waals surface area contributed by atoms with E-state index < -0.39 is 0 Å². The molecule has 0 unspecified atom stereocenters. The van der Waals surface area contributed by atoms with Crippen molar-refractivity contribution in [3.05, 3.63) is 52.2 Å². The molecule has 4 nitrogen and oxygen atoms in total. The van der Waals surface area contributed by atoms with Crippen molar-refractivity contribution in [3.63, 3.8) is 0 Å². The lowest BCUT2D eigenvalue weighted by molar-refractivity contribution is 0.0971. The highest BCUT2D eigenvalue weighted by atomic mass is 35.5. The second-order valence-corrected chi connectivity index (χ2v) is 4.29. The van der Waals surface area contributed by atoms with Gasteiger partial charge >= 0.3 is 0 Å². The van der Waals surface area contributed by atoms with Crippen LogP contribution in [0, 0.1) is 11.3 Å². The van der Waals surface area contributed by atoms with Crippen LogP contribution >= 0.6 is 23.1 Å². The van der Waals surface area contributed by atoms with E-state index in [0.29, 0.717) is 16.1 Å². The molecule has 0 radical (unpaired) electrons. The Morgan fingerprint density at radius 1 is 1.72 bits per heavy atom. The molecule has 0 saturated heterocycles. The van der Waals surface area contributed by atoms with Gasteiger partial charge in [-0.15, -0.1) is 0 Å². The molecule has 0 aliphatic heterocycles. The summed E-state index contributed by atoms with van der Waals surface area (Å²) < 4.78 is 3.80. The highest BCUT2D eigenvalue weighted by molar-refractivity contribution is 7.08. The first-order valence-electron chi connectivity index (χ1n) is 4.95. The zero-order valence-corrected chi connectivity index (χ0v) is 11.2. The molecule has 0 bridgehead atoms. The van der Waals surface area contributed by atoms with E-state index in [1.807, 2.05) is 6.07 Å². The number of allylic oxidation sites excluding steroid dienone is 4. The average molecular weight is 280 g/mol. The summed E-state index contributed by atoms with van der Waals surface area (Å²) in [7, 11) is 0. The van der Waals surface area contributed by atoms with Crippen LogP contribution in [0.3, 0.4) is 0 Å². The molecule has 1 aromatic rings. The van der Waals surface area contributed by atoms with Gasteiger partial charge in [0.1, 0.15) is 16.1 Å². The Morgan fingerprint density at radius 3 is 2.89 bits per heavy atom. The summed E-state index contributed by atoms with van der Waals surface area (Å²) in [6.45, 7) is 5.25. The second-order valence-electron chi connectivity index (χ2n) is 3.10. The fourth-order valence-electron chi connectivity index (χ4n) is 1.14. The predicted octanol–water partition coefficient (Wildman–Crippen LogP) is 3.07. The fourth-order valence-corrected chi connectivity index (χ4v) is 1.96. The number of hydrogen-bond acceptors (Lipinski definition) is 4. The van der Waals surface area contributed by atoms with Crippen molar-refractivity contribution in [2.24, 2.45) is 0 Å². The van der Waals surface area contributed by atoms with Crippen LogP contribution in [-0.4, -0.2) is 10.3 Å². The van der Waals surface area contributed by atoms with E-state index in [2.05, 4.69) is 16.3 Å². The van der Waals surface area contributed by atoms with Gasteiger partial charge in [-0.05, 0) is 24.5 Å². The third-order valence-electron chi connectivity index (χ3n) is 1.94. The van der Waals surface area contributed by atoms with Crippen LogP contribution in [0.2, 0.25) is 5.15 Å². The number of aromatic nitrogens is 1. The van der Waals surface area contributed by atoms with E-state index in [9.17, 15) is 4.79 Å². The van der Waals surface area contributed by atoms with Crippen molar-refractivity contribution in [3.8, 4) is 6.07 Å². The predicted molar refractivity (Wildman–Crippen MR) is 72.2 cm³/mol. The summed E-state index contributed by atoms with van der Waals surface area (Å²) in [4.78, 5) is 12.2. The Labute approximate surface area is 114 Å². The standard InChI is InChI=1S/C12H10ClN3OS/c1-3-5-9(8(4-2)7-14)15-12(17)10-6-11(13)16-18-10/h3-6H,1H2,2H3,(H,15,17)/b8-4-,9-5+. The lowest BCUT2D eigenvalue weighted by Gasteiger charge is -2.06. The minimum atomic E-state index is -0.359. The first-order valence-corrected chi connectivity index (χ1v) is 6.10. The van der Waals surface area contributed by atoms with Crippen molar-refractivity contribution in [1.82, 2.24) is 9.69 Å². The van der Waals surface area contributed by atoms with E-state index in [1.54, 1.807) is 19.1 Å². The molecular formula is C12H10ClN3OS. The van der Waals surface area contributed by atoms with E-state index in [1.165, 1.54) is 12.1 Å². The molecule has 1 rings (SSSR count). The number of nitrogens with zero attached hydrogens (tertiary/aromatic N) is 2. The summed E-state index contributed by atoms with van der Waals surface area (Å²) in [6.07, 6.45) is 4.66. The van der Waals surface area contributed by atoms with E-state index in [-0.39, 0.29) is 11.1 Å². The van der Waals surface area contributed by atoms with Crippen molar-refractivity contribution in [2.75, 3.05) is 0 Å². The van der Waals surface area contributed by atoms with Crippen LogP contribution in [0.15, 0.2) is 42.1 Å². The zero-order valence-electron chi connectivity index (χ0n) is 9.61. The van der Waals surface area contributed by atoms with E-state index in [4.69, 9.17) is 16.9 Å². The van der Waals surface area contributed by atoms with Gasteiger partial charge < -0.3 is 5.32 Å². The smallest absolute Gasteiger partial charge is 0.267 e. The summed E-state index contributed by atoms with van der Waals surface area (Å²) in [5.41, 5.74) is 0.753. The van der Waals surface area contributed by atoms with Crippen molar-refractivity contribution < 1.29 is 4.79 Å². The van der Waals surface area contributed by atoms with Gasteiger partial charge in [0.05, 0.1) is 11.3 Å². The third-order valence-corrected chi connectivity index (χ3v) is 3.02. The summed E-state index contributed by atoms with van der Waals surface area (Å²) in [5, 5.41) is 11.8. The number of halogens is 1. The van der Waals surface area contributed by atoms with Gasteiger partial charge in [0.25, 0.3) is 5.91 Å². The normalized spacial score (nSPS) is 11.8. The molecule has 18 heavy (non-hydrogen) atoms. The molecule has 0 aliphatic carbocycles. The van der Waals surface area contributed by atoms with Crippen LogP contribution in [0.5, 0.6) is 0 Å². The number of nitrogens with one attached hydrogen (secondary N) is 1. The molecular weight excluding hydrogens is 270 g/mol. The van der Waals surface area contributed by atoms with E-state index >= 15 is 0 Å². The summed E-state index contributed by atoms with van der Waals surface area (Å²) >= 11 is 6.64. The molecule has 1 heterocycles. The molecule has 1 N–H and O–H groups in total. The van der Waals surface area contributed by atoms with Gasteiger partial charge in [0.15, 0.2) is 0 Å². The maximum atomic E-state index is 11.9. The summed E-state index contributed by atoms with van der Waals surface area (Å²) in [5.74, 6) is -0.359. The molecule has 0 atom stereocenters. The molecule has 0 fully saturated rings. The molecule has 1 aromatic heterocycles. The lowest BCUT2D eigenvalue weighted by atomic mass is 10.2. The second kappa shape index (κ2) is 6.74. The van der Waals surface area contributed by atoms with Crippen LogP contribution in [0.25, 0.3) is 0 Å². The monoisotopic (exact) mass is 279 g/mol. The number of carbonyl (C=O) groups excluding carboxylic acids is 1. The Kier molecular flexibility index (Phi) is 5.31. The Balaban J connectivity index is 2.93. The van der Waals surface area contributed by atoms with Gasteiger partial charge in [-0.2, -0.15) is 9.64 Å². The van der Waals surface area contributed by atoms with Crippen LogP contribution < -0.4 is 5.32 Å². The minimum Gasteiger partial charge on any atom is -0.320 e. The van der Waals surface area contributed by atoms with Crippen LogP contribution in [0.4, 0.5) is 0 Å². The molecule has 0 saturated carbocycles. The molecule has 0 aliphatic rings. The first-order chi connectivity index (χ1) is 8.62. The SMILES string of the molecule is C=C/C=C(NC(=O)c1cc(Cl)ns1)\C(C#N)=C/C. The third kappa shape index (κ3) is 3.55. The molecule has 1 amide bonds. The summed E-state index contributed by atoms with van der Waals surface area (Å²) in [6, 6.07) is 3.46. The number of rotatable bonds is 4. The highest BCUT2D eigenvalue weighted by Crippen LogP contribution is 2.15. The molecule has 0 spiro atoms. The van der Waals surface area contributed by atoms with Crippen molar-refractivity contribution >= 4 is 29.0 Å². The number of nitriles is 1. The molecule has 6 heteroatoms. The van der Waals surface area contributed by atoms with Crippen LogP contribution in [-0.2, 0) is 0 Å². The largest absolute Gasteiger partial charge is 0.320 e. The van der Waals surface area contributed by atoms with Crippen LogP contribution in [0.1, 0.15) is 16.6 Å². The highest BCUT2D eigenvalue weighted by Gasteiger charge is 2.13. The maximum absolute atomic E-state index is 11.9. The maximum Gasteiger partial charge on any atom is 0.267 e. The van der Waals surface area contributed by atoms with Gasteiger partial charge in [0.2, 0.25) is 0 Å². The first kappa shape index (κ1) is 14.2. The van der Waals surface area contributed by atoms with Gasteiger partial charge in [-0.3, -0.25) is 4.79 Å². The van der Waals surface area contributed by atoms with Gasteiger partial charge in [-0.1, -0.05) is 30.3 Å². The topological polar surface area (TPSA) is 65.8 Å². The number of carbonyl (C=O) groups is 1. The lowest BCUT2D eigenvalue weighted by Crippen LogP contribution is -2.22. The molecule has 92 valence electrons. The number of hydrogen-bond donors (Lipinski definition) is 1. The molecule has 0 aromatic carbocycles. The quantitative estimate of drug-likeness (QED) is 0.680. The van der Waals surface area contributed by atoms with Crippen molar-refractivity contribution in [2.45, 2.75) is 6.92 Å². The Hall–Kier alpha value is -1.90. The minimum absolute atomic E-state index is 0.269. The van der Waals surface area contributed by atoms with Gasteiger partial charge in [-0.25, -0.2) is 0 Å². The Morgan fingerprint density at radius 2 is 2.44 bits per heavy atom. The average Bonchev–Trinajstić information content (AvgIpc) is 2.77. The zero-order chi connectivity index (χ0) is 13.5. The van der Waals surface area contributed by atoms with Crippen molar-refractivity contribution in [1.29, 1.82) is 5.26 Å². The fraction of sp³-hybridized carbons (Fsp3) is 0.0833. The van der Waals surface area contributed by atoms with E-state index in [0.717, 1.165) is 11.5 Å². The number of amides is 1. The van der Waals surface area contributed by atoms with Gasteiger partial charge in [0, 0.05) is 6.07 Å².